The topological polar surface area (TPSA) is 56.7 Å². The fourth-order valence-electron chi connectivity index (χ4n) is 1.07. The first kappa shape index (κ1) is 8.96. The highest BCUT2D eigenvalue weighted by Gasteiger charge is 1.95. The standard InChI is InChI=1S/C9H10N4S/c1-13-5-4-11-8(13)3-2-7-6-14-9(10)12-7/h2-6H,1H3,(H2,10,12)/b3-2+. The van der Waals surface area contributed by atoms with E-state index in [9.17, 15) is 0 Å². The highest BCUT2D eigenvalue weighted by Crippen LogP contribution is 2.13. The van der Waals surface area contributed by atoms with Crippen molar-refractivity contribution in [2.45, 2.75) is 0 Å². The third kappa shape index (κ3) is 1.82. The van der Waals surface area contributed by atoms with E-state index < -0.39 is 0 Å². The van der Waals surface area contributed by atoms with Crippen LogP contribution in [-0.2, 0) is 7.05 Å². The number of rotatable bonds is 2. The molecule has 0 spiro atoms. The van der Waals surface area contributed by atoms with Crippen molar-refractivity contribution >= 4 is 28.6 Å². The number of anilines is 1. The zero-order valence-corrected chi connectivity index (χ0v) is 8.53. The fraction of sp³-hybridized carbons (Fsp3) is 0.111. The molecule has 0 fully saturated rings. The molecule has 14 heavy (non-hydrogen) atoms. The summed E-state index contributed by atoms with van der Waals surface area (Å²) < 4.78 is 1.94. The van der Waals surface area contributed by atoms with Crippen LogP contribution in [0.4, 0.5) is 5.13 Å². The number of nitrogens with two attached hydrogens (primary N) is 1. The second-order valence-corrected chi connectivity index (χ2v) is 3.73. The third-order valence-corrected chi connectivity index (χ3v) is 2.49. The van der Waals surface area contributed by atoms with E-state index in [1.165, 1.54) is 11.3 Å². The van der Waals surface area contributed by atoms with Gasteiger partial charge in [-0.25, -0.2) is 9.97 Å². The summed E-state index contributed by atoms with van der Waals surface area (Å²) in [7, 11) is 1.95. The van der Waals surface area contributed by atoms with E-state index in [2.05, 4.69) is 9.97 Å². The van der Waals surface area contributed by atoms with Crippen molar-refractivity contribution in [1.82, 2.24) is 14.5 Å². The number of aromatic nitrogens is 3. The van der Waals surface area contributed by atoms with Gasteiger partial charge in [0, 0.05) is 24.8 Å². The predicted molar refractivity (Wildman–Crippen MR) is 58.7 cm³/mol. The van der Waals surface area contributed by atoms with Crippen LogP contribution in [-0.4, -0.2) is 14.5 Å². The van der Waals surface area contributed by atoms with Gasteiger partial charge < -0.3 is 10.3 Å². The van der Waals surface area contributed by atoms with E-state index in [4.69, 9.17) is 5.73 Å². The first-order valence-electron chi connectivity index (χ1n) is 4.12. The molecule has 5 heteroatoms. The zero-order chi connectivity index (χ0) is 9.97. The van der Waals surface area contributed by atoms with Crippen molar-refractivity contribution < 1.29 is 0 Å². The molecule has 0 aromatic carbocycles. The number of hydrogen-bond donors (Lipinski definition) is 1. The molecule has 0 radical (unpaired) electrons. The third-order valence-electron chi connectivity index (χ3n) is 1.80. The minimum atomic E-state index is 0.587. The van der Waals surface area contributed by atoms with Gasteiger partial charge in [-0.05, 0) is 12.2 Å². The van der Waals surface area contributed by atoms with Crippen molar-refractivity contribution in [1.29, 1.82) is 0 Å². The van der Waals surface area contributed by atoms with Gasteiger partial charge in [-0.1, -0.05) is 0 Å². The van der Waals surface area contributed by atoms with Crippen LogP contribution in [0.1, 0.15) is 11.5 Å². The summed E-state index contributed by atoms with van der Waals surface area (Å²) in [5.74, 6) is 0.900. The van der Waals surface area contributed by atoms with Crippen molar-refractivity contribution in [2.75, 3.05) is 5.73 Å². The van der Waals surface area contributed by atoms with E-state index in [0.717, 1.165) is 11.5 Å². The molecule has 0 aliphatic rings. The normalized spacial score (nSPS) is 11.2. The van der Waals surface area contributed by atoms with E-state index in [0.29, 0.717) is 5.13 Å². The van der Waals surface area contributed by atoms with Crippen molar-refractivity contribution in [2.24, 2.45) is 7.05 Å². The van der Waals surface area contributed by atoms with Gasteiger partial charge in [0.05, 0.1) is 5.69 Å². The molecule has 72 valence electrons. The molecule has 2 heterocycles. The Balaban J connectivity index is 2.19. The Morgan fingerprint density at radius 3 is 2.93 bits per heavy atom. The summed E-state index contributed by atoms with van der Waals surface area (Å²) in [6.07, 6.45) is 7.47. The molecule has 2 aromatic heterocycles. The lowest BCUT2D eigenvalue weighted by Gasteiger charge is -1.91. The maximum Gasteiger partial charge on any atom is 0.180 e. The van der Waals surface area contributed by atoms with Gasteiger partial charge in [-0.15, -0.1) is 11.3 Å². The summed E-state index contributed by atoms with van der Waals surface area (Å²) >= 11 is 1.43. The van der Waals surface area contributed by atoms with Crippen LogP contribution in [0.2, 0.25) is 0 Å². The molecule has 4 nitrogen and oxygen atoms in total. The number of thiazole rings is 1. The zero-order valence-electron chi connectivity index (χ0n) is 7.71. The van der Waals surface area contributed by atoms with E-state index >= 15 is 0 Å². The minimum absolute atomic E-state index is 0.587. The van der Waals surface area contributed by atoms with Crippen LogP contribution in [0.3, 0.4) is 0 Å². The predicted octanol–water partition coefficient (Wildman–Crippen LogP) is 1.63. The Morgan fingerprint density at radius 2 is 2.36 bits per heavy atom. The molecule has 0 unspecified atom stereocenters. The fourth-order valence-corrected chi connectivity index (χ4v) is 1.61. The average molecular weight is 206 g/mol. The highest BCUT2D eigenvalue weighted by atomic mass is 32.1. The average Bonchev–Trinajstić information content (AvgIpc) is 2.72. The van der Waals surface area contributed by atoms with Crippen LogP contribution < -0.4 is 5.73 Å². The summed E-state index contributed by atoms with van der Waals surface area (Å²) in [5.41, 5.74) is 6.38. The SMILES string of the molecule is Cn1ccnc1/C=C/c1csc(N)n1. The van der Waals surface area contributed by atoms with Gasteiger partial charge in [-0.2, -0.15) is 0 Å². The first-order valence-corrected chi connectivity index (χ1v) is 5.00. The van der Waals surface area contributed by atoms with Crippen molar-refractivity contribution in [3.8, 4) is 0 Å². The highest BCUT2D eigenvalue weighted by molar-refractivity contribution is 7.13. The minimum Gasteiger partial charge on any atom is -0.375 e. The summed E-state index contributed by atoms with van der Waals surface area (Å²) in [4.78, 5) is 8.27. The Hall–Kier alpha value is -1.62. The Bertz CT molecular complexity index is 455. The quantitative estimate of drug-likeness (QED) is 0.812. The molecule has 2 N–H and O–H groups in total. The summed E-state index contributed by atoms with van der Waals surface area (Å²) in [6, 6.07) is 0. The number of hydrogen-bond acceptors (Lipinski definition) is 4. The molecule has 0 saturated heterocycles. The molecule has 0 bridgehead atoms. The Kier molecular flexibility index (Phi) is 2.32. The number of aryl methyl sites for hydroxylation is 1. The van der Waals surface area contributed by atoms with E-state index in [-0.39, 0.29) is 0 Å². The molecule has 0 aliphatic carbocycles. The smallest absolute Gasteiger partial charge is 0.180 e. The maximum atomic E-state index is 5.51. The lowest BCUT2D eigenvalue weighted by Crippen LogP contribution is -1.88. The molecule has 0 aliphatic heterocycles. The number of nitrogen functional groups attached to an aromatic ring is 1. The monoisotopic (exact) mass is 206 g/mol. The second-order valence-electron chi connectivity index (χ2n) is 2.84. The number of nitrogens with zero attached hydrogens (tertiary/aromatic N) is 3. The molecular formula is C9H10N4S. The second kappa shape index (κ2) is 3.63. The van der Waals surface area contributed by atoms with Gasteiger partial charge in [0.15, 0.2) is 5.13 Å². The molecular weight excluding hydrogens is 196 g/mol. The van der Waals surface area contributed by atoms with Crippen molar-refractivity contribution in [3.05, 3.63) is 29.3 Å². The summed E-state index contributed by atoms with van der Waals surface area (Å²) in [6.45, 7) is 0. The lowest BCUT2D eigenvalue weighted by atomic mass is 10.4. The van der Waals surface area contributed by atoms with Gasteiger partial charge in [0.2, 0.25) is 0 Å². The summed E-state index contributed by atoms with van der Waals surface area (Å²) in [5, 5.41) is 2.50. The molecule has 0 amide bonds. The molecule has 2 aromatic rings. The molecule has 0 atom stereocenters. The van der Waals surface area contributed by atoms with Crippen LogP contribution in [0.25, 0.3) is 12.2 Å². The van der Waals surface area contributed by atoms with Crippen LogP contribution in [0.15, 0.2) is 17.8 Å². The van der Waals surface area contributed by atoms with Gasteiger partial charge in [0.1, 0.15) is 5.82 Å². The molecule has 2 rings (SSSR count). The van der Waals surface area contributed by atoms with Gasteiger partial charge in [-0.3, -0.25) is 0 Å². The van der Waals surface area contributed by atoms with Crippen LogP contribution in [0.5, 0.6) is 0 Å². The van der Waals surface area contributed by atoms with Crippen LogP contribution >= 0.6 is 11.3 Å². The number of imidazole rings is 1. The lowest BCUT2D eigenvalue weighted by molar-refractivity contribution is 0.898. The molecule has 0 saturated carbocycles. The van der Waals surface area contributed by atoms with Crippen molar-refractivity contribution in [3.63, 3.8) is 0 Å². The van der Waals surface area contributed by atoms with E-state index in [1.54, 1.807) is 6.20 Å². The largest absolute Gasteiger partial charge is 0.375 e. The van der Waals surface area contributed by atoms with Gasteiger partial charge in [0.25, 0.3) is 0 Å². The van der Waals surface area contributed by atoms with Gasteiger partial charge >= 0.3 is 0 Å². The first-order chi connectivity index (χ1) is 6.75. The maximum absolute atomic E-state index is 5.51. The Morgan fingerprint density at radius 1 is 1.50 bits per heavy atom. The van der Waals surface area contributed by atoms with E-state index in [1.807, 2.05) is 35.3 Å². The van der Waals surface area contributed by atoms with Crippen LogP contribution in [0, 0.1) is 0 Å². The Labute approximate surface area is 85.7 Å².